The van der Waals surface area contributed by atoms with E-state index in [2.05, 4.69) is 20.3 Å². The number of halogens is 2. The number of nitrogens with one attached hydrogen (secondary N) is 3. The summed E-state index contributed by atoms with van der Waals surface area (Å²) >= 11 is 12.0. The zero-order chi connectivity index (χ0) is 20.0. The molecule has 0 aromatic heterocycles. The van der Waals surface area contributed by atoms with E-state index in [1.165, 1.54) is 14.0 Å². The van der Waals surface area contributed by atoms with E-state index >= 15 is 0 Å². The molecule has 1 aromatic rings. The minimum Gasteiger partial charge on any atom is -0.374 e. The molecule has 0 radical (unpaired) electrons. The van der Waals surface area contributed by atoms with E-state index in [1.54, 1.807) is 6.07 Å². The molecule has 3 N–H and O–H groups in total. The molecular weight excluding hydrogens is 415 g/mol. The second kappa shape index (κ2) is 9.90. The topological polar surface area (TPSA) is 99.8 Å². The number of nitrogens with zero attached hydrogens (tertiary/aromatic N) is 1. The van der Waals surface area contributed by atoms with Crippen molar-refractivity contribution in [2.24, 2.45) is 0 Å². The Labute approximate surface area is 169 Å². The van der Waals surface area contributed by atoms with Gasteiger partial charge in [0.05, 0.1) is 22.8 Å². The number of amides is 2. The highest BCUT2D eigenvalue weighted by Crippen LogP contribution is 2.23. The van der Waals surface area contributed by atoms with Gasteiger partial charge >= 0.3 is 6.03 Å². The van der Waals surface area contributed by atoms with Crippen LogP contribution in [-0.4, -0.2) is 64.1 Å². The van der Waals surface area contributed by atoms with Crippen LogP contribution in [0.1, 0.15) is 12.5 Å². The van der Waals surface area contributed by atoms with Crippen LogP contribution in [0.25, 0.3) is 0 Å². The lowest BCUT2D eigenvalue weighted by atomic mass is 10.2. The summed E-state index contributed by atoms with van der Waals surface area (Å²) in [7, 11) is -2.27. The summed E-state index contributed by atoms with van der Waals surface area (Å²) in [5, 5.41) is 5.02. The molecule has 8 nitrogen and oxygen atoms in total. The van der Waals surface area contributed by atoms with Gasteiger partial charge in [0.1, 0.15) is 5.37 Å². The Bertz CT molecular complexity index is 763. The van der Waals surface area contributed by atoms with Crippen LogP contribution in [0.3, 0.4) is 0 Å². The maximum atomic E-state index is 11.9. The summed E-state index contributed by atoms with van der Waals surface area (Å²) in [6.07, 6.45) is -0.191. The zero-order valence-corrected chi connectivity index (χ0v) is 17.5. The van der Waals surface area contributed by atoms with Gasteiger partial charge in [0, 0.05) is 26.2 Å². The zero-order valence-electron chi connectivity index (χ0n) is 15.2. The largest absolute Gasteiger partial charge is 0.374 e. The summed E-state index contributed by atoms with van der Waals surface area (Å²) in [6.45, 7) is 4.29. The minimum absolute atomic E-state index is 0.191. The average molecular weight is 439 g/mol. The Hall–Kier alpha value is -1.10. The van der Waals surface area contributed by atoms with Crippen LogP contribution in [0.2, 0.25) is 10.0 Å². The normalized spacial score (nSPS) is 19.5. The summed E-state index contributed by atoms with van der Waals surface area (Å²) in [5.41, 5.74) is 1.04. The third kappa shape index (κ3) is 6.78. The second-order valence-corrected chi connectivity index (χ2v) is 9.24. The average Bonchev–Trinajstić information content (AvgIpc) is 2.63. The molecule has 1 heterocycles. The van der Waals surface area contributed by atoms with E-state index < -0.39 is 21.4 Å². The van der Waals surface area contributed by atoms with Crippen LogP contribution in [0, 0.1) is 0 Å². The van der Waals surface area contributed by atoms with Gasteiger partial charge in [-0.3, -0.25) is 4.90 Å². The van der Waals surface area contributed by atoms with Gasteiger partial charge in [-0.2, -0.15) is 0 Å². The van der Waals surface area contributed by atoms with Gasteiger partial charge in [-0.05, 0) is 31.7 Å². The standard InChI is InChI=1S/C16H24Cl2N4O4S/c1-11(27(24,25)19-2)21-16(23)20-8-13-10-22(5-6-26-13)9-12-3-4-14(17)15(18)7-12/h3-4,7,11,13,19H,5-6,8-10H2,1-2H3,(H2,20,21,23). The van der Waals surface area contributed by atoms with Crippen molar-refractivity contribution in [3.63, 3.8) is 0 Å². The molecule has 1 aliphatic heterocycles. The van der Waals surface area contributed by atoms with Gasteiger partial charge in [0.2, 0.25) is 10.0 Å². The molecule has 1 fully saturated rings. The van der Waals surface area contributed by atoms with Gasteiger partial charge in [0.15, 0.2) is 0 Å². The Morgan fingerprint density at radius 3 is 2.78 bits per heavy atom. The Kier molecular flexibility index (Phi) is 8.14. The first-order chi connectivity index (χ1) is 12.7. The van der Waals surface area contributed by atoms with Crippen molar-refractivity contribution < 1.29 is 17.9 Å². The first-order valence-electron chi connectivity index (χ1n) is 8.46. The van der Waals surface area contributed by atoms with Crippen molar-refractivity contribution in [2.45, 2.75) is 24.9 Å². The highest BCUT2D eigenvalue weighted by atomic mass is 35.5. The molecule has 2 rings (SSSR count). The molecule has 11 heteroatoms. The van der Waals surface area contributed by atoms with E-state index in [0.29, 0.717) is 29.7 Å². The number of sulfonamides is 1. The fourth-order valence-corrected chi connectivity index (χ4v) is 3.58. The number of hydrogen-bond acceptors (Lipinski definition) is 5. The summed E-state index contributed by atoms with van der Waals surface area (Å²) < 4.78 is 31.0. The molecule has 2 amide bonds. The van der Waals surface area contributed by atoms with Crippen LogP contribution in [0.15, 0.2) is 18.2 Å². The number of hydrogen-bond donors (Lipinski definition) is 3. The molecule has 152 valence electrons. The first-order valence-corrected chi connectivity index (χ1v) is 10.8. The van der Waals surface area contributed by atoms with Gasteiger partial charge in [-0.15, -0.1) is 0 Å². The summed E-state index contributed by atoms with van der Waals surface area (Å²) in [4.78, 5) is 14.1. The van der Waals surface area contributed by atoms with Crippen LogP contribution in [0.5, 0.6) is 0 Å². The predicted molar refractivity (Wildman–Crippen MR) is 105 cm³/mol. The molecular formula is C16H24Cl2N4O4S. The Balaban J connectivity index is 1.80. The number of rotatable bonds is 7. The second-order valence-electron chi connectivity index (χ2n) is 6.22. The van der Waals surface area contributed by atoms with Crippen LogP contribution < -0.4 is 15.4 Å². The Morgan fingerprint density at radius 2 is 2.11 bits per heavy atom. The molecule has 2 unspecified atom stereocenters. The molecule has 0 spiro atoms. The van der Waals surface area contributed by atoms with Gasteiger partial charge in [-0.1, -0.05) is 29.3 Å². The van der Waals surface area contributed by atoms with Crippen molar-refractivity contribution in [3.8, 4) is 0 Å². The quantitative estimate of drug-likeness (QED) is 0.597. The number of morpholine rings is 1. The lowest BCUT2D eigenvalue weighted by Gasteiger charge is -2.33. The lowest BCUT2D eigenvalue weighted by Crippen LogP contribution is -2.51. The number of ether oxygens (including phenoxy) is 1. The SMILES string of the molecule is CNS(=O)(=O)C(C)NC(=O)NCC1CN(Cc2ccc(Cl)c(Cl)c2)CCO1. The van der Waals surface area contributed by atoms with E-state index in [0.717, 1.165) is 12.1 Å². The minimum atomic E-state index is -3.57. The fourth-order valence-electron chi connectivity index (χ4n) is 2.64. The van der Waals surface area contributed by atoms with E-state index in [-0.39, 0.29) is 12.6 Å². The van der Waals surface area contributed by atoms with Crippen molar-refractivity contribution in [1.29, 1.82) is 0 Å². The molecule has 0 bridgehead atoms. The fraction of sp³-hybridized carbons (Fsp3) is 0.562. The van der Waals surface area contributed by atoms with Gasteiger partial charge < -0.3 is 15.4 Å². The monoisotopic (exact) mass is 438 g/mol. The van der Waals surface area contributed by atoms with Gasteiger partial charge in [0.25, 0.3) is 0 Å². The summed E-state index contributed by atoms with van der Waals surface area (Å²) in [5.74, 6) is 0. The molecule has 1 aromatic carbocycles. The number of benzene rings is 1. The summed E-state index contributed by atoms with van der Waals surface area (Å²) in [6, 6.07) is 4.97. The molecule has 0 saturated carbocycles. The van der Waals surface area contributed by atoms with Crippen molar-refractivity contribution in [3.05, 3.63) is 33.8 Å². The smallest absolute Gasteiger partial charge is 0.315 e. The molecule has 2 atom stereocenters. The van der Waals surface area contributed by atoms with Crippen molar-refractivity contribution in [2.75, 3.05) is 33.3 Å². The van der Waals surface area contributed by atoms with Crippen LogP contribution in [0.4, 0.5) is 4.79 Å². The molecule has 1 saturated heterocycles. The maximum absolute atomic E-state index is 11.9. The third-order valence-electron chi connectivity index (χ3n) is 4.19. The van der Waals surface area contributed by atoms with E-state index in [4.69, 9.17) is 27.9 Å². The number of carbonyl (C=O) groups is 1. The molecule has 27 heavy (non-hydrogen) atoms. The molecule has 1 aliphatic rings. The van der Waals surface area contributed by atoms with Crippen LogP contribution >= 0.6 is 23.2 Å². The predicted octanol–water partition coefficient (Wildman–Crippen LogP) is 1.39. The van der Waals surface area contributed by atoms with E-state index in [1.807, 2.05) is 12.1 Å². The maximum Gasteiger partial charge on any atom is 0.315 e. The van der Waals surface area contributed by atoms with Crippen molar-refractivity contribution in [1.82, 2.24) is 20.3 Å². The number of urea groups is 1. The number of carbonyl (C=O) groups excluding carboxylic acids is 1. The molecule has 0 aliphatic carbocycles. The van der Waals surface area contributed by atoms with Crippen LogP contribution in [-0.2, 0) is 21.3 Å². The highest BCUT2D eigenvalue weighted by Gasteiger charge is 2.23. The first kappa shape index (κ1) is 22.2. The van der Waals surface area contributed by atoms with E-state index in [9.17, 15) is 13.2 Å². The third-order valence-corrected chi connectivity index (χ3v) is 6.54. The van der Waals surface area contributed by atoms with Crippen molar-refractivity contribution >= 4 is 39.3 Å². The lowest BCUT2D eigenvalue weighted by molar-refractivity contribution is -0.0287. The van der Waals surface area contributed by atoms with Gasteiger partial charge in [-0.25, -0.2) is 17.9 Å². The highest BCUT2D eigenvalue weighted by molar-refractivity contribution is 7.90. The Morgan fingerprint density at radius 1 is 1.37 bits per heavy atom.